The van der Waals surface area contributed by atoms with Gasteiger partial charge in [0, 0.05) is 32.0 Å². The molecular weight excluding hydrogens is 662 g/mol. The number of hydrogen-bond acceptors (Lipinski definition) is 14. The number of carbonyl (C=O) groups is 3. The summed E-state index contributed by atoms with van der Waals surface area (Å²) >= 11 is 0.900. The third-order valence-corrected chi connectivity index (χ3v) is 9.40. The largest absolute Gasteiger partial charge is 0.508 e. The van der Waals surface area contributed by atoms with Crippen molar-refractivity contribution in [1.82, 2.24) is 10.2 Å². The number of aliphatic hydroxyl groups excluding tert-OH is 4. The molecule has 15 nitrogen and oxygen atoms in total. The summed E-state index contributed by atoms with van der Waals surface area (Å²) in [6.45, 7) is 2.07. The van der Waals surface area contributed by atoms with Gasteiger partial charge in [-0.2, -0.15) is 0 Å². The maximum atomic E-state index is 13.2. The number of ether oxygens (including phenoxy) is 2. The van der Waals surface area contributed by atoms with Gasteiger partial charge in [0.05, 0.1) is 24.1 Å². The number of hydrogen-bond donors (Lipinski definition) is 7. The number of rotatable bonds is 8. The summed E-state index contributed by atoms with van der Waals surface area (Å²) in [5.74, 6) is -2.39. The molecule has 0 aromatic heterocycles. The Morgan fingerprint density at radius 3 is 2.55 bits per heavy atom. The van der Waals surface area contributed by atoms with Crippen LogP contribution in [-0.2, 0) is 30.3 Å². The Hall–Kier alpha value is -3.67. The smallest absolute Gasteiger partial charge is 0.342 e. The molecule has 2 fully saturated rings. The Morgan fingerprint density at radius 2 is 1.82 bits per heavy atom. The van der Waals surface area contributed by atoms with Gasteiger partial charge < -0.3 is 55.2 Å². The zero-order chi connectivity index (χ0) is 35.5. The Kier molecular flexibility index (Phi) is 14.3. The molecule has 3 heterocycles. The molecule has 0 bridgehead atoms. The van der Waals surface area contributed by atoms with Crippen LogP contribution >= 0.6 is 11.8 Å². The van der Waals surface area contributed by atoms with Crippen molar-refractivity contribution >= 4 is 35.3 Å². The maximum absolute atomic E-state index is 13.2. The van der Waals surface area contributed by atoms with Gasteiger partial charge in [-0.15, -0.1) is 11.8 Å². The van der Waals surface area contributed by atoms with Crippen molar-refractivity contribution in [3.05, 3.63) is 47.6 Å². The van der Waals surface area contributed by atoms with E-state index in [0.717, 1.165) is 37.1 Å². The van der Waals surface area contributed by atoms with E-state index in [1.54, 1.807) is 36.1 Å². The molecule has 7 atom stereocenters. The van der Waals surface area contributed by atoms with Crippen LogP contribution in [-0.4, -0.2) is 133 Å². The molecule has 1 aromatic rings. The molecule has 270 valence electrons. The summed E-state index contributed by atoms with van der Waals surface area (Å²) in [6, 6.07) is 1.80. The van der Waals surface area contributed by atoms with Crippen LogP contribution in [0.5, 0.6) is 11.5 Å². The van der Waals surface area contributed by atoms with E-state index in [0.29, 0.717) is 13.1 Å². The van der Waals surface area contributed by atoms with Gasteiger partial charge in [-0.05, 0) is 50.3 Å². The SMILES string of the molecule is C[C@@H]1C/C=C/[C@@H](NC(=O)CSC2OC(CO)C(O)C(O)C2O)C/C=C/C(=N/OCC(=O)N2CCCCC2)Cc2cc(O)cc(O)c2C(=O)O1. The Morgan fingerprint density at radius 1 is 1.06 bits per heavy atom. The highest BCUT2D eigenvalue weighted by atomic mass is 32.2. The topological polar surface area (TPSA) is 228 Å². The number of nitrogens with zero attached hydrogens (tertiary/aromatic N) is 2. The fourth-order valence-corrected chi connectivity index (χ4v) is 6.62. The number of likely N-dealkylation sites (tertiary alicyclic amines) is 1. The average Bonchev–Trinajstić information content (AvgIpc) is 3.06. The minimum Gasteiger partial charge on any atom is -0.508 e. The van der Waals surface area contributed by atoms with Crippen molar-refractivity contribution in [3.8, 4) is 11.5 Å². The monoisotopic (exact) mass is 707 g/mol. The van der Waals surface area contributed by atoms with Crippen LogP contribution < -0.4 is 5.32 Å². The molecule has 3 aliphatic heterocycles. The molecule has 4 rings (SSSR count). The minimum absolute atomic E-state index is 0.0855. The highest BCUT2D eigenvalue weighted by Gasteiger charge is 2.43. The number of phenolic OH excluding ortho intramolecular Hbond substituents is 2. The van der Waals surface area contributed by atoms with Crippen LogP contribution in [0.2, 0.25) is 0 Å². The van der Waals surface area contributed by atoms with Crippen molar-refractivity contribution in [2.24, 2.45) is 5.16 Å². The lowest BCUT2D eigenvalue weighted by Gasteiger charge is -2.39. The van der Waals surface area contributed by atoms with E-state index in [9.17, 15) is 45.0 Å². The molecule has 2 amide bonds. The molecule has 7 N–H and O–H groups in total. The van der Waals surface area contributed by atoms with Crippen LogP contribution in [0.15, 0.2) is 41.6 Å². The number of aromatic hydroxyl groups is 2. The lowest BCUT2D eigenvalue weighted by molar-refractivity contribution is -0.205. The molecule has 16 heteroatoms. The zero-order valence-electron chi connectivity index (χ0n) is 27.2. The fraction of sp³-hybridized carbons (Fsp3) is 0.576. The quantitative estimate of drug-likeness (QED) is 0.111. The van der Waals surface area contributed by atoms with Crippen LogP contribution in [0.4, 0.5) is 0 Å². The number of fused-ring (bicyclic) bond motifs is 1. The summed E-state index contributed by atoms with van der Waals surface area (Å²) < 4.78 is 11.0. The predicted octanol–water partition coefficient (Wildman–Crippen LogP) is 0.495. The summed E-state index contributed by atoms with van der Waals surface area (Å²) in [7, 11) is 0. The fourth-order valence-electron chi connectivity index (χ4n) is 5.64. The number of thioether (sulfide) groups is 1. The lowest BCUT2D eigenvalue weighted by atomic mass is 9.99. The van der Waals surface area contributed by atoms with Gasteiger partial charge in [-0.3, -0.25) is 9.59 Å². The van der Waals surface area contributed by atoms with Gasteiger partial charge in [0.15, 0.2) is 6.61 Å². The van der Waals surface area contributed by atoms with Gasteiger partial charge >= 0.3 is 5.97 Å². The van der Waals surface area contributed by atoms with E-state index < -0.39 is 66.2 Å². The van der Waals surface area contributed by atoms with Crippen molar-refractivity contribution in [2.75, 3.05) is 32.1 Å². The first-order valence-electron chi connectivity index (χ1n) is 16.2. The van der Waals surface area contributed by atoms with E-state index in [2.05, 4.69) is 10.5 Å². The van der Waals surface area contributed by atoms with E-state index in [1.165, 1.54) is 6.07 Å². The molecule has 5 unspecified atom stereocenters. The third kappa shape index (κ3) is 10.9. The standard InChI is InChI=1S/C33H45N3O12S/c1-19-7-5-8-21(34-26(40)18-49-33-31(44)30(43)29(42)25(16-37)48-33)9-6-10-22(35-46-17-27(41)36-11-3-2-4-12-36)13-20-14-23(38)15-24(39)28(20)32(45)47-19/h5-6,8,10,14-15,19,21,25,29-31,33,37-39,42-44H,2-4,7,9,11-13,16-18H2,1H3,(H,34,40)/b8-5+,10-6+,35-22-/t19-,21-,25?,29?,30?,31?,33?/m1/s1. The average molecular weight is 708 g/mol. The van der Waals surface area contributed by atoms with Gasteiger partial charge in [-0.1, -0.05) is 23.4 Å². The first-order chi connectivity index (χ1) is 23.5. The summed E-state index contributed by atoms with van der Waals surface area (Å²) in [6.07, 6.45) is 3.85. The van der Waals surface area contributed by atoms with Crippen molar-refractivity contribution in [1.29, 1.82) is 0 Å². The second-order valence-electron chi connectivity index (χ2n) is 12.2. The maximum Gasteiger partial charge on any atom is 0.342 e. The predicted molar refractivity (Wildman–Crippen MR) is 178 cm³/mol. The first-order valence-corrected chi connectivity index (χ1v) is 17.3. The van der Waals surface area contributed by atoms with E-state index >= 15 is 0 Å². The Bertz CT molecular complexity index is 1400. The first kappa shape index (κ1) is 38.1. The third-order valence-electron chi connectivity index (χ3n) is 8.26. The number of allylic oxidation sites excluding steroid dienone is 1. The number of oxime groups is 1. The molecule has 0 saturated carbocycles. The van der Waals surface area contributed by atoms with Crippen LogP contribution in [0, 0.1) is 0 Å². The minimum atomic E-state index is -1.56. The molecule has 0 spiro atoms. The number of benzene rings is 1. The number of esters is 1. The zero-order valence-corrected chi connectivity index (χ0v) is 28.0. The second-order valence-corrected chi connectivity index (χ2v) is 13.3. The van der Waals surface area contributed by atoms with E-state index in [1.807, 2.05) is 0 Å². The summed E-state index contributed by atoms with van der Waals surface area (Å²) in [5, 5.41) is 67.6. The van der Waals surface area contributed by atoms with Crippen molar-refractivity contribution < 1.29 is 59.3 Å². The summed E-state index contributed by atoms with van der Waals surface area (Å²) in [5.41, 5.74) is -0.744. The highest BCUT2D eigenvalue weighted by Crippen LogP contribution is 2.30. The van der Waals surface area contributed by atoms with Crippen molar-refractivity contribution in [2.45, 2.75) is 87.4 Å². The number of phenols is 2. The molecular formula is C33H45N3O12S. The molecule has 3 aliphatic rings. The number of amides is 2. The van der Waals surface area contributed by atoms with Gasteiger partial charge in [-0.25, -0.2) is 4.79 Å². The lowest BCUT2D eigenvalue weighted by Crippen LogP contribution is -2.57. The second kappa shape index (κ2) is 18.4. The molecule has 0 radical (unpaired) electrons. The van der Waals surface area contributed by atoms with E-state index in [-0.39, 0.29) is 60.1 Å². The Labute approximate surface area is 288 Å². The van der Waals surface area contributed by atoms with Gasteiger partial charge in [0.2, 0.25) is 5.91 Å². The number of carbonyl (C=O) groups excluding carboxylic acids is 3. The van der Waals surface area contributed by atoms with E-state index in [4.69, 9.17) is 14.3 Å². The molecule has 1 aromatic carbocycles. The Balaban J connectivity index is 1.50. The van der Waals surface area contributed by atoms with Crippen LogP contribution in [0.1, 0.15) is 54.9 Å². The molecule has 0 aliphatic carbocycles. The highest BCUT2D eigenvalue weighted by molar-refractivity contribution is 8.00. The van der Waals surface area contributed by atoms with Crippen LogP contribution in [0.3, 0.4) is 0 Å². The molecule has 49 heavy (non-hydrogen) atoms. The summed E-state index contributed by atoms with van der Waals surface area (Å²) in [4.78, 5) is 45.9. The van der Waals surface area contributed by atoms with Crippen LogP contribution in [0.25, 0.3) is 0 Å². The van der Waals surface area contributed by atoms with Gasteiger partial charge in [0.25, 0.3) is 5.91 Å². The number of piperidine rings is 1. The number of cyclic esters (lactones) is 1. The van der Waals surface area contributed by atoms with Gasteiger partial charge in [0.1, 0.15) is 53.0 Å². The van der Waals surface area contributed by atoms with Crippen molar-refractivity contribution in [3.63, 3.8) is 0 Å². The number of aliphatic hydroxyl groups is 4. The number of nitrogens with one attached hydrogen (secondary N) is 1. The normalized spacial score (nSPS) is 30.4. The molecule has 2 saturated heterocycles.